The van der Waals surface area contributed by atoms with E-state index < -0.39 is 23.0 Å². The number of phenols is 4. The van der Waals surface area contributed by atoms with Crippen molar-refractivity contribution in [2.75, 3.05) is 0 Å². The SMILES string of the molecule is Cc1ccc(/C=C/C(=O)c2ccc(O)c(O)c2O)cc1O. The van der Waals surface area contributed by atoms with Crippen LogP contribution in [0.25, 0.3) is 6.08 Å². The van der Waals surface area contributed by atoms with E-state index in [-0.39, 0.29) is 11.3 Å². The van der Waals surface area contributed by atoms with E-state index in [0.717, 1.165) is 11.6 Å². The van der Waals surface area contributed by atoms with E-state index in [1.54, 1.807) is 19.1 Å². The number of aromatic hydroxyl groups is 4. The average molecular weight is 286 g/mol. The Kier molecular flexibility index (Phi) is 3.84. The Morgan fingerprint density at radius 3 is 2.33 bits per heavy atom. The number of benzene rings is 2. The second-order valence-electron chi connectivity index (χ2n) is 4.57. The third kappa shape index (κ3) is 2.97. The van der Waals surface area contributed by atoms with Crippen molar-refractivity contribution in [1.82, 2.24) is 0 Å². The number of hydrogen-bond acceptors (Lipinski definition) is 5. The Hall–Kier alpha value is -2.95. The monoisotopic (exact) mass is 286 g/mol. The van der Waals surface area contributed by atoms with E-state index in [4.69, 9.17) is 0 Å². The van der Waals surface area contributed by atoms with E-state index in [2.05, 4.69) is 0 Å². The number of carbonyl (C=O) groups is 1. The van der Waals surface area contributed by atoms with Crippen LogP contribution in [0.4, 0.5) is 0 Å². The maximum absolute atomic E-state index is 12.0. The highest BCUT2D eigenvalue weighted by molar-refractivity contribution is 6.09. The molecule has 4 N–H and O–H groups in total. The van der Waals surface area contributed by atoms with E-state index >= 15 is 0 Å². The third-order valence-corrected chi connectivity index (χ3v) is 3.06. The predicted molar refractivity (Wildman–Crippen MR) is 77.6 cm³/mol. The van der Waals surface area contributed by atoms with Gasteiger partial charge < -0.3 is 20.4 Å². The lowest BCUT2D eigenvalue weighted by molar-refractivity contribution is 0.104. The van der Waals surface area contributed by atoms with Gasteiger partial charge in [-0.25, -0.2) is 0 Å². The number of hydrogen-bond donors (Lipinski definition) is 4. The summed E-state index contributed by atoms with van der Waals surface area (Å²) in [5.41, 5.74) is 1.21. The summed E-state index contributed by atoms with van der Waals surface area (Å²) in [7, 11) is 0. The van der Waals surface area contributed by atoms with Crippen molar-refractivity contribution in [1.29, 1.82) is 0 Å². The molecule has 2 aromatic rings. The summed E-state index contributed by atoms with van der Waals surface area (Å²) in [5, 5.41) is 37.8. The molecule has 5 heteroatoms. The summed E-state index contributed by atoms with van der Waals surface area (Å²) >= 11 is 0. The molecule has 2 aromatic carbocycles. The lowest BCUT2D eigenvalue weighted by Gasteiger charge is -2.04. The van der Waals surface area contributed by atoms with Crippen LogP contribution in [0.3, 0.4) is 0 Å². The highest BCUT2D eigenvalue weighted by Gasteiger charge is 2.15. The maximum atomic E-state index is 12.0. The molecule has 0 bridgehead atoms. The van der Waals surface area contributed by atoms with Crippen LogP contribution in [0.5, 0.6) is 23.0 Å². The molecule has 0 unspecified atom stereocenters. The topological polar surface area (TPSA) is 98.0 Å². The van der Waals surface area contributed by atoms with Gasteiger partial charge in [0.1, 0.15) is 5.75 Å². The molecule has 2 rings (SSSR count). The van der Waals surface area contributed by atoms with Crippen LogP contribution in [0.15, 0.2) is 36.4 Å². The fourth-order valence-corrected chi connectivity index (χ4v) is 1.76. The van der Waals surface area contributed by atoms with Gasteiger partial charge in [-0.3, -0.25) is 4.79 Å². The van der Waals surface area contributed by atoms with Crippen LogP contribution in [-0.4, -0.2) is 26.2 Å². The predicted octanol–water partition coefficient (Wildman–Crippen LogP) is 2.71. The van der Waals surface area contributed by atoms with Crippen LogP contribution in [-0.2, 0) is 0 Å². The number of rotatable bonds is 3. The Morgan fingerprint density at radius 1 is 0.952 bits per heavy atom. The molecule has 0 fully saturated rings. The van der Waals surface area contributed by atoms with Gasteiger partial charge in [-0.2, -0.15) is 0 Å². The molecule has 0 aromatic heterocycles. The van der Waals surface area contributed by atoms with Crippen molar-refractivity contribution < 1.29 is 25.2 Å². The zero-order valence-electron chi connectivity index (χ0n) is 11.2. The molecule has 0 amide bonds. The first kappa shape index (κ1) is 14.5. The molecule has 0 aliphatic rings. The molecule has 0 radical (unpaired) electrons. The second-order valence-corrected chi connectivity index (χ2v) is 4.57. The summed E-state index contributed by atoms with van der Waals surface area (Å²) in [4.78, 5) is 12.0. The van der Waals surface area contributed by atoms with Crippen molar-refractivity contribution in [2.24, 2.45) is 0 Å². The first-order valence-corrected chi connectivity index (χ1v) is 6.16. The van der Waals surface area contributed by atoms with Gasteiger partial charge in [0, 0.05) is 0 Å². The first-order chi connectivity index (χ1) is 9.90. The number of aryl methyl sites for hydroxylation is 1. The zero-order valence-corrected chi connectivity index (χ0v) is 11.2. The number of ketones is 1. The Bertz CT molecular complexity index is 732. The molecule has 0 spiro atoms. The van der Waals surface area contributed by atoms with Crippen LogP contribution < -0.4 is 0 Å². The number of carbonyl (C=O) groups excluding carboxylic acids is 1. The average Bonchev–Trinajstić information content (AvgIpc) is 2.46. The molecule has 21 heavy (non-hydrogen) atoms. The van der Waals surface area contributed by atoms with Gasteiger partial charge >= 0.3 is 0 Å². The van der Waals surface area contributed by atoms with Gasteiger partial charge in [-0.05, 0) is 42.3 Å². The molecule has 0 aliphatic heterocycles. The normalized spacial score (nSPS) is 10.9. The van der Waals surface area contributed by atoms with Gasteiger partial charge in [0.25, 0.3) is 0 Å². The van der Waals surface area contributed by atoms with E-state index in [1.807, 2.05) is 0 Å². The Morgan fingerprint density at radius 2 is 1.67 bits per heavy atom. The first-order valence-electron chi connectivity index (χ1n) is 6.16. The minimum absolute atomic E-state index is 0.120. The molecular weight excluding hydrogens is 272 g/mol. The smallest absolute Gasteiger partial charge is 0.201 e. The van der Waals surface area contributed by atoms with Gasteiger partial charge in [0.2, 0.25) is 5.75 Å². The van der Waals surface area contributed by atoms with Crippen molar-refractivity contribution in [2.45, 2.75) is 6.92 Å². The maximum Gasteiger partial charge on any atom is 0.201 e. The van der Waals surface area contributed by atoms with Crippen molar-refractivity contribution in [3.8, 4) is 23.0 Å². The molecule has 0 aliphatic carbocycles. The van der Waals surface area contributed by atoms with Crippen molar-refractivity contribution >= 4 is 11.9 Å². The van der Waals surface area contributed by atoms with Crippen LogP contribution in [0, 0.1) is 6.92 Å². The van der Waals surface area contributed by atoms with Gasteiger partial charge in [-0.15, -0.1) is 0 Å². The van der Waals surface area contributed by atoms with Gasteiger partial charge in [0.05, 0.1) is 5.56 Å². The Labute approximate surface area is 121 Å². The largest absolute Gasteiger partial charge is 0.508 e. The second kappa shape index (κ2) is 5.58. The third-order valence-electron chi connectivity index (χ3n) is 3.06. The van der Waals surface area contributed by atoms with Gasteiger partial charge in [-0.1, -0.05) is 18.2 Å². The minimum Gasteiger partial charge on any atom is -0.508 e. The summed E-state index contributed by atoms with van der Waals surface area (Å²) < 4.78 is 0. The lowest BCUT2D eigenvalue weighted by atomic mass is 10.1. The molecule has 0 atom stereocenters. The molecule has 108 valence electrons. The molecular formula is C16H14O5. The van der Waals surface area contributed by atoms with E-state index in [1.165, 1.54) is 24.3 Å². The summed E-state index contributed by atoms with van der Waals surface area (Å²) in [6.07, 6.45) is 2.68. The Balaban J connectivity index is 2.27. The highest BCUT2D eigenvalue weighted by atomic mass is 16.3. The fourth-order valence-electron chi connectivity index (χ4n) is 1.76. The van der Waals surface area contributed by atoms with Crippen molar-refractivity contribution in [3.05, 3.63) is 53.1 Å². The van der Waals surface area contributed by atoms with Crippen molar-refractivity contribution in [3.63, 3.8) is 0 Å². The van der Waals surface area contributed by atoms with E-state index in [9.17, 15) is 25.2 Å². The molecule has 0 saturated carbocycles. The number of phenolic OH excluding ortho intramolecular Hbond substituents is 4. The minimum atomic E-state index is -0.734. The van der Waals surface area contributed by atoms with Crippen LogP contribution >= 0.6 is 0 Å². The van der Waals surface area contributed by atoms with Gasteiger partial charge in [0.15, 0.2) is 17.3 Å². The fraction of sp³-hybridized carbons (Fsp3) is 0.0625. The van der Waals surface area contributed by atoms with E-state index in [0.29, 0.717) is 5.56 Å². The quantitative estimate of drug-likeness (QED) is 0.395. The number of allylic oxidation sites excluding steroid dienone is 1. The molecule has 0 heterocycles. The lowest BCUT2D eigenvalue weighted by Crippen LogP contribution is -1.95. The van der Waals surface area contributed by atoms with Crippen LogP contribution in [0.2, 0.25) is 0 Å². The zero-order chi connectivity index (χ0) is 15.6. The summed E-state index contributed by atoms with van der Waals surface area (Å²) in [6, 6.07) is 7.28. The highest BCUT2D eigenvalue weighted by Crippen LogP contribution is 2.37. The molecule has 5 nitrogen and oxygen atoms in total. The molecule has 0 saturated heterocycles. The van der Waals surface area contributed by atoms with Crippen LogP contribution in [0.1, 0.15) is 21.5 Å². The summed E-state index contributed by atoms with van der Waals surface area (Å²) in [5.74, 6) is -2.33. The standard InChI is InChI=1S/C16H14O5/c1-9-2-3-10(8-14(9)19)4-6-12(17)11-5-7-13(18)16(21)15(11)20/h2-8,18-21H,1H3/b6-4+. The summed E-state index contributed by atoms with van der Waals surface area (Å²) in [6.45, 7) is 1.76.